The van der Waals surface area contributed by atoms with Gasteiger partial charge in [0.05, 0.1) is 14.2 Å². The van der Waals surface area contributed by atoms with Crippen LogP contribution in [-0.2, 0) is 0 Å². The monoisotopic (exact) mass is 417 g/mol. The van der Waals surface area contributed by atoms with Gasteiger partial charge >= 0.3 is 0 Å². The molecule has 1 unspecified atom stereocenters. The van der Waals surface area contributed by atoms with E-state index in [9.17, 15) is 4.79 Å². The van der Waals surface area contributed by atoms with Gasteiger partial charge in [0.25, 0.3) is 5.91 Å². The molecule has 2 heterocycles. The van der Waals surface area contributed by atoms with Crippen molar-refractivity contribution >= 4 is 17.2 Å². The number of ether oxygens (including phenoxy) is 2. The fraction of sp³-hybridized carbons (Fsp3) is 0.545. The number of carbonyl (C=O) groups excluding carboxylic acids is 1. The summed E-state index contributed by atoms with van der Waals surface area (Å²) in [6.45, 7) is 9.47. The summed E-state index contributed by atoms with van der Waals surface area (Å²) < 4.78 is 10.6. The Hall–Kier alpha value is -2.12. The standard InChI is InChI=1S/C22H31N3O3S/c1-15-7-6-10-25(12-15)22(2,3)14-23-20(26)17-13-29-21(24-17)16-8-9-18(27-4)19(11-16)28-5/h8-9,11,13,15H,6-7,10,12,14H2,1-5H3,(H,23,26). The lowest BCUT2D eigenvalue weighted by atomic mass is 9.93. The molecule has 0 aliphatic carbocycles. The van der Waals surface area contributed by atoms with E-state index in [1.165, 1.54) is 24.2 Å². The third-order valence-electron chi connectivity index (χ3n) is 5.56. The molecule has 1 N–H and O–H groups in total. The van der Waals surface area contributed by atoms with Gasteiger partial charge in [-0.25, -0.2) is 4.98 Å². The molecule has 3 rings (SSSR count). The minimum absolute atomic E-state index is 0.0768. The topological polar surface area (TPSA) is 63.7 Å². The first-order chi connectivity index (χ1) is 13.8. The van der Waals surface area contributed by atoms with Gasteiger partial charge in [-0.1, -0.05) is 6.92 Å². The number of nitrogens with zero attached hydrogens (tertiary/aromatic N) is 2. The van der Waals surface area contributed by atoms with Gasteiger partial charge in [0, 0.05) is 29.6 Å². The number of rotatable bonds is 7. The lowest BCUT2D eigenvalue weighted by Crippen LogP contribution is -2.54. The van der Waals surface area contributed by atoms with Gasteiger partial charge in [-0.05, 0) is 57.4 Å². The first-order valence-electron chi connectivity index (χ1n) is 10.0. The molecule has 0 spiro atoms. The molecule has 1 atom stereocenters. The summed E-state index contributed by atoms with van der Waals surface area (Å²) >= 11 is 1.45. The Morgan fingerprint density at radius 2 is 2.07 bits per heavy atom. The number of aromatic nitrogens is 1. The van der Waals surface area contributed by atoms with Crippen LogP contribution in [0.4, 0.5) is 0 Å². The van der Waals surface area contributed by atoms with Crippen LogP contribution >= 0.6 is 11.3 Å². The molecule has 1 aromatic carbocycles. The van der Waals surface area contributed by atoms with Gasteiger partial charge in [0.1, 0.15) is 10.7 Å². The van der Waals surface area contributed by atoms with Crippen molar-refractivity contribution in [3.8, 4) is 22.1 Å². The van der Waals surface area contributed by atoms with Gasteiger partial charge in [-0.2, -0.15) is 0 Å². The predicted octanol–water partition coefficient (Wildman–Crippen LogP) is 4.07. The van der Waals surface area contributed by atoms with Gasteiger partial charge in [-0.3, -0.25) is 9.69 Å². The average Bonchev–Trinajstić information content (AvgIpc) is 3.22. The third-order valence-corrected chi connectivity index (χ3v) is 6.45. The van der Waals surface area contributed by atoms with E-state index in [4.69, 9.17) is 9.47 Å². The van der Waals surface area contributed by atoms with E-state index in [0.717, 1.165) is 23.7 Å². The molecular formula is C22H31N3O3S. The Bertz CT molecular complexity index is 850. The highest BCUT2D eigenvalue weighted by molar-refractivity contribution is 7.13. The fourth-order valence-corrected chi connectivity index (χ4v) is 4.52. The molecule has 1 amide bonds. The highest BCUT2D eigenvalue weighted by atomic mass is 32.1. The predicted molar refractivity (Wildman–Crippen MR) is 117 cm³/mol. The molecule has 158 valence electrons. The summed E-state index contributed by atoms with van der Waals surface area (Å²) in [5.41, 5.74) is 1.27. The maximum atomic E-state index is 12.7. The number of thiazole rings is 1. The third kappa shape index (κ3) is 5.08. The zero-order chi connectivity index (χ0) is 21.0. The molecule has 7 heteroatoms. The van der Waals surface area contributed by atoms with Crippen molar-refractivity contribution in [2.24, 2.45) is 5.92 Å². The number of hydrogen-bond acceptors (Lipinski definition) is 6. The van der Waals surface area contributed by atoms with E-state index in [2.05, 4.69) is 36.0 Å². The highest BCUT2D eigenvalue weighted by Gasteiger charge is 2.30. The molecule has 29 heavy (non-hydrogen) atoms. The van der Waals surface area contributed by atoms with Crippen LogP contribution in [-0.4, -0.2) is 55.2 Å². The van der Waals surface area contributed by atoms with Crippen molar-refractivity contribution in [3.05, 3.63) is 29.3 Å². The maximum Gasteiger partial charge on any atom is 0.270 e. The Labute approximate surface area is 177 Å². The average molecular weight is 418 g/mol. The van der Waals surface area contributed by atoms with Gasteiger partial charge in [0.2, 0.25) is 0 Å². The van der Waals surface area contributed by atoms with Crippen molar-refractivity contribution in [3.63, 3.8) is 0 Å². The van der Waals surface area contributed by atoms with E-state index in [1.54, 1.807) is 19.6 Å². The fourth-order valence-electron chi connectivity index (χ4n) is 3.72. The van der Waals surface area contributed by atoms with Crippen LogP contribution in [0.25, 0.3) is 10.6 Å². The Kier molecular flexibility index (Phi) is 6.80. The number of likely N-dealkylation sites (tertiary alicyclic amines) is 1. The molecule has 1 fully saturated rings. The molecule has 1 aliphatic rings. The number of nitrogens with one attached hydrogen (secondary N) is 1. The number of benzene rings is 1. The number of carbonyl (C=O) groups is 1. The quantitative estimate of drug-likeness (QED) is 0.736. The second-order valence-electron chi connectivity index (χ2n) is 8.30. The van der Waals surface area contributed by atoms with Crippen LogP contribution < -0.4 is 14.8 Å². The Morgan fingerprint density at radius 3 is 2.76 bits per heavy atom. The number of piperidine rings is 1. The van der Waals surface area contributed by atoms with Crippen molar-refractivity contribution < 1.29 is 14.3 Å². The molecule has 1 saturated heterocycles. The molecule has 1 aliphatic heterocycles. The van der Waals surface area contributed by atoms with Crippen LogP contribution in [0.1, 0.15) is 44.1 Å². The lowest BCUT2D eigenvalue weighted by Gasteiger charge is -2.43. The zero-order valence-corrected chi connectivity index (χ0v) is 18.8. The van der Waals surface area contributed by atoms with Gasteiger partial charge in [-0.15, -0.1) is 11.3 Å². The van der Waals surface area contributed by atoms with Crippen molar-refractivity contribution in [1.29, 1.82) is 0 Å². The molecular weight excluding hydrogens is 386 g/mol. The SMILES string of the molecule is COc1ccc(-c2nc(C(=O)NCC(C)(C)N3CCCC(C)C3)cs2)cc1OC. The van der Waals surface area contributed by atoms with Crippen LogP contribution in [0.5, 0.6) is 11.5 Å². The summed E-state index contributed by atoms with van der Waals surface area (Å²) in [5, 5.41) is 5.66. The smallest absolute Gasteiger partial charge is 0.270 e. The molecule has 0 bridgehead atoms. The first kappa shape index (κ1) is 21.6. The normalized spacial score (nSPS) is 17.8. The van der Waals surface area contributed by atoms with Crippen LogP contribution in [0, 0.1) is 5.92 Å². The lowest BCUT2D eigenvalue weighted by molar-refractivity contribution is 0.0656. The second kappa shape index (κ2) is 9.13. The van der Waals surface area contributed by atoms with E-state index < -0.39 is 0 Å². The number of amides is 1. The summed E-state index contributed by atoms with van der Waals surface area (Å²) in [6.07, 6.45) is 2.51. The second-order valence-corrected chi connectivity index (χ2v) is 9.15. The van der Waals surface area contributed by atoms with E-state index in [-0.39, 0.29) is 11.4 Å². The molecule has 1 aromatic heterocycles. The molecule has 0 radical (unpaired) electrons. The summed E-state index contributed by atoms with van der Waals surface area (Å²) in [6, 6.07) is 5.64. The highest BCUT2D eigenvalue weighted by Crippen LogP contribution is 2.33. The van der Waals surface area contributed by atoms with Gasteiger partial charge < -0.3 is 14.8 Å². The maximum absolute atomic E-state index is 12.7. The molecule has 2 aromatic rings. The Balaban J connectivity index is 1.65. The summed E-state index contributed by atoms with van der Waals surface area (Å²) in [7, 11) is 3.21. The largest absolute Gasteiger partial charge is 0.493 e. The number of methoxy groups -OCH3 is 2. The van der Waals surface area contributed by atoms with Crippen molar-refractivity contribution in [1.82, 2.24) is 15.2 Å². The minimum Gasteiger partial charge on any atom is -0.493 e. The van der Waals surface area contributed by atoms with E-state index in [1.807, 2.05) is 18.2 Å². The summed E-state index contributed by atoms with van der Waals surface area (Å²) in [5.74, 6) is 1.89. The first-order valence-corrected chi connectivity index (χ1v) is 10.9. The van der Waals surface area contributed by atoms with Gasteiger partial charge in [0.15, 0.2) is 11.5 Å². The van der Waals surface area contributed by atoms with Crippen LogP contribution in [0.15, 0.2) is 23.6 Å². The minimum atomic E-state index is -0.133. The Morgan fingerprint density at radius 1 is 1.31 bits per heavy atom. The number of hydrogen-bond donors (Lipinski definition) is 1. The van der Waals surface area contributed by atoms with Crippen LogP contribution in [0.2, 0.25) is 0 Å². The molecule has 6 nitrogen and oxygen atoms in total. The zero-order valence-electron chi connectivity index (χ0n) is 17.9. The van der Waals surface area contributed by atoms with Crippen LogP contribution in [0.3, 0.4) is 0 Å². The van der Waals surface area contributed by atoms with Crippen molar-refractivity contribution in [2.75, 3.05) is 33.9 Å². The van der Waals surface area contributed by atoms with Crippen molar-refractivity contribution in [2.45, 2.75) is 39.2 Å². The molecule has 0 saturated carbocycles. The van der Waals surface area contributed by atoms with E-state index >= 15 is 0 Å². The summed E-state index contributed by atoms with van der Waals surface area (Å²) in [4.78, 5) is 19.7. The van der Waals surface area contributed by atoms with E-state index in [0.29, 0.717) is 29.7 Å².